The molecule has 6 heteroatoms. The number of carbonyl (C=O) groups excluding carboxylic acids is 1. The number of hydrogen-bond acceptors (Lipinski definition) is 4. The molecule has 0 saturated carbocycles. The largest absolute Gasteiger partial charge is 0.444 e. The van der Waals surface area contributed by atoms with Gasteiger partial charge in [-0.15, -0.1) is 0 Å². The zero-order valence-electron chi connectivity index (χ0n) is 13.3. The summed E-state index contributed by atoms with van der Waals surface area (Å²) in [4.78, 5) is 13.8. The van der Waals surface area contributed by atoms with Crippen molar-refractivity contribution in [1.29, 1.82) is 0 Å². The second-order valence-corrected chi connectivity index (χ2v) is 6.72. The van der Waals surface area contributed by atoms with E-state index in [2.05, 4.69) is 22.4 Å². The van der Waals surface area contributed by atoms with Gasteiger partial charge in [0.15, 0.2) is 0 Å². The van der Waals surface area contributed by atoms with Crippen molar-refractivity contribution in [2.45, 2.75) is 45.8 Å². The molecule has 2 unspecified atom stereocenters. The molecule has 1 fully saturated rings. The van der Waals surface area contributed by atoms with Gasteiger partial charge in [-0.25, -0.2) is 4.79 Å². The van der Waals surface area contributed by atoms with Crippen LogP contribution in [0.4, 0.5) is 4.79 Å². The summed E-state index contributed by atoms with van der Waals surface area (Å²) >= 11 is 0. The Morgan fingerprint density at radius 2 is 2.38 bits per heavy atom. The summed E-state index contributed by atoms with van der Waals surface area (Å²) in [5, 5.41) is 10.4. The maximum atomic E-state index is 12.0. The van der Waals surface area contributed by atoms with Gasteiger partial charge in [0.1, 0.15) is 5.60 Å². The van der Waals surface area contributed by atoms with E-state index in [1.165, 1.54) is 0 Å². The fourth-order valence-electron chi connectivity index (χ4n) is 2.45. The van der Waals surface area contributed by atoms with E-state index in [1.54, 1.807) is 11.1 Å². The molecule has 0 aromatic carbocycles. The van der Waals surface area contributed by atoms with Crippen LogP contribution < -0.4 is 5.32 Å². The van der Waals surface area contributed by atoms with E-state index in [9.17, 15) is 4.79 Å². The van der Waals surface area contributed by atoms with Gasteiger partial charge in [0.25, 0.3) is 0 Å². The fraction of sp³-hybridized carbons (Fsp3) is 0.733. The molecule has 2 atom stereocenters. The van der Waals surface area contributed by atoms with E-state index in [1.807, 2.05) is 26.8 Å². The standard InChI is InChI=1S/C15H26N4O2/c1-11(13-5-7-17-18-13)16-9-12-6-8-19(10-12)14(20)21-15(2,3)4/h5,7,11-12,16H,6,8-10H2,1-4H3,(H,17,18). The molecule has 2 heterocycles. The molecule has 2 N–H and O–H groups in total. The topological polar surface area (TPSA) is 70.2 Å². The molecular weight excluding hydrogens is 268 g/mol. The molecule has 1 aliphatic rings. The van der Waals surface area contributed by atoms with Crippen LogP contribution in [0.2, 0.25) is 0 Å². The lowest BCUT2D eigenvalue weighted by Crippen LogP contribution is -2.36. The number of hydrogen-bond donors (Lipinski definition) is 2. The van der Waals surface area contributed by atoms with Gasteiger partial charge in [0.2, 0.25) is 0 Å². The molecule has 118 valence electrons. The van der Waals surface area contributed by atoms with E-state index >= 15 is 0 Å². The number of likely N-dealkylation sites (tertiary alicyclic amines) is 1. The van der Waals surface area contributed by atoms with Gasteiger partial charge in [-0.1, -0.05) is 0 Å². The van der Waals surface area contributed by atoms with Crippen molar-refractivity contribution in [2.24, 2.45) is 5.92 Å². The van der Waals surface area contributed by atoms with Gasteiger partial charge in [0, 0.05) is 31.9 Å². The third-order valence-electron chi connectivity index (χ3n) is 3.64. The van der Waals surface area contributed by atoms with Crippen LogP contribution in [0.5, 0.6) is 0 Å². The Morgan fingerprint density at radius 1 is 1.62 bits per heavy atom. The van der Waals surface area contributed by atoms with E-state index in [0.717, 1.165) is 31.7 Å². The predicted octanol–water partition coefficient (Wildman–Crippen LogP) is 2.32. The van der Waals surface area contributed by atoms with Crippen LogP contribution in [-0.2, 0) is 4.74 Å². The summed E-state index contributed by atoms with van der Waals surface area (Å²) < 4.78 is 5.41. The lowest BCUT2D eigenvalue weighted by molar-refractivity contribution is 0.0288. The first-order valence-corrected chi connectivity index (χ1v) is 7.56. The summed E-state index contributed by atoms with van der Waals surface area (Å²) in [6.45, 7) is 10.2. The van der Waals surface area contributed by atoms with E-state index in [4.69, 9.17) is 4.74 Å². The highest BCUT2D eigenvalue weighted by atomic mass is 16.6. The highest BCUT2D eigenvalue weighted by Gasteiger charge is 2.29. The minimum absolute atomic E-state index is 0.202. The molecule has 1 aromatic heterocycles. The molecule has 1 saturated heterocycles. The number of H-pyrrole nitrogens is 1. The normalized spacial score (nSPS) is 20.6. The van der Waals surface area contributed by atoms with Gasteiger partial charge < -0.3 is 15.0 Å². The molecule has 0 spiro atoms. The first-order chi connectivity index (χ1) is 9.85. The second-order valence-electron chi connectivity index (χ2n) is 6.72. The van der Waals surface area contributed by atoms with Gasteiger partial charge in [-0.05, 0) is 46.1 Å². The lowest BCUT2D eigenvalue weighted by Gasteiger charge is -2.24. The predicted molar refractivity (Wildman–Crippen MR) is 80.9 cm³/mol. The van der Waals surface area contributed by atoms with Crippen molar-refractivity contribution >= 4 is 6.09 Å². The van der Waals surface area contributed by atoms with Gasteiger partial charge in [-0.2, -0.15) is 5.10 Å². The summed E-state index contributed by atoms with van der Waals surface area (Å²) in [6.07, 6.45) is 2.57. The zero-order chi connectivity index (χ0) is 15.5. The van der Waals surface area contributed by atoms with Crippen molar-refractivity contribution in [3.63, 3.8) is 0 Å². The van der Waals surface area contributed by atoms with Crippen molar-refractivity contribution in [3.05, 3.63) is 18.0 Å². The summed E-state index contributed by atoms with van der Waals surface area (Å²) in [5.41, 5.74) is 0.653. The number of rotatable bonds is 4. The quantitative estimate of drug-likeness (QED) is 0.894. The number of nitrogens with zero attached hydrogens (tertiary/aromatic N) is 2. The van der Waals surface area contributed by atoms with Gasteiger partial charge in [-0.3, -0.25) is 5.10 Å². The van der Waals surface area contributed by atoms with Crippen molar-refractivity contribution < 1.29 is 9.53 Å². The number of nitrogens with one attached hydrogen (secondary N) is 2. The summed E-state index contributed by atoms with van der Waals surface area (Å²) in [7, 11) is 0. The smallest absolute Gasteiger partial charge is 0.410 e. The molecule has 0 bridgehead atoms. The second kappa shape index (κ2) is 6.47. The van der Waals surface area contributed by atoms with E-state index in [-0.39, 0.29) is 12.1 Å². The molecule has 0 radical (unpaired) electrons. The highest BCUT2D eigenvalue weighted by molar-refractivity contribution is 5.68. The van der Waals surface area contributed by atoms with Crippen LogP contribution in [0.15, 0.2) is 12.3 Å². The highest BCUT2D eigenvalue weighted by Crippen LogP contribution is 2.20. The molecule has 1 aromatic rings. The minimum atomic E-state index is -0.428. The summed E-state index contributed by atoms with van der Waals surface area (Å²) in [6, 6.07) is 2.21. The Morgan fingerprint density at radius 3 is 3.00 bits per heavy atom. The van der Waals surface area contributed by atoms with Crippen molar-refractivity contribution in [1.82, 2.24) is 20.4 Å². The van der Waals surface area contributed by atoms with Crippen molar-refractivity contribution in [3.8, 4) is 0 Å². The Bertz CT molecular complexity index is 453. The van der Waals surface area contributed by atoms with Crippen LogP contribution in [-0.4, -0.2) is 46.4 Å². The molecule has 21 heavy (non-hydrogen) atoms. The summed E-state index contributed by atoms with van der Waals surface area (Å²) in [5.74, 6) is 0.475. The van der Waals surface area contributed by atoms with Crippen LogP contribution in [0.3, 0.4) is 0 Å². The maximum Gasteiger partial charge on any atom is 0.410 e. The van der Waals surface area contributed by atoms with E-state index < -0.39 is 5.60 Å². The van der Waals surface area contributed by atoms with Crippen LogP contribution in [0, 0.1) is 5.92 Å². The zero-order valence-corrected chi connectivity index (χ0v) is 13.3. The van der Waals surface area contributed by atoms with Gasteiger partial charge in [0.05, 0.1) is 5.69 Å². The van der Waals surface area contributed by atoms with Crippen molar-refractivity contribution in [2.75, 3.05) is 19.6 Å². The van der Waals surface area contributed by atoms with E-state index in [0.29, 0.717) is 5.92 Å². The Hall–Kier alpha value is -1.56. The molecule has 2 rings (SSSR count). The molecule has 6 nitrogen and oxygen atoms in total. The Labute approximate surface area is 126 Å². The molecular formula is C15H26N4O2. The first kappa shape index (κ1) is 15.8. The fourth-order valence-corrected chi connectivity index (χ4v) is 2.45. The average Bonchev–Trinajstić information content (AvgIpc) is 3.05. The van der Waals surface area contributed by atoms with Crippen LogP contribution in [0.25, 0.3) is 0 Å². The lowest BCUT2D eigenvalue weighted by atomic mass is 10.1. The van der Waals surface area contributed by atoms with Gasteiger partial charge >= 0.3 is 6.09 Å². The third kappa shape index (κ3) is 4.74. The maximum absolute atomic E-state index is 12.0. The Balaban J connectivity index is 1.74. The third-order valence-corrected chi connectivity index (χ3v) is 3.64. The van der Waals surface area contributed by atoms with Crippen LogP contribution >= 0.6 is 0 Å². The average molecular weight is 294 g/mol. The Kier molecular flexibility index (Phi) is 4.88. The molecule has 1 aliphatic heterocycles. The number of aromatic amines is 1. The molecule has 0 aliphatic carbocycles. The number of aromatic nitrogens is 2. The minimum Gasteiger partial charge on any atom is -0.444 e. The van der Waals surface area contributed by atoms with Crippen LogP contribution in [0.1, 0.15) is 45.9 Å². The molecule has 1 amide bonds. The number of ether oxygens (including phenoxy) is 1. The first-order valence-electron chi connectivity index (χ1n) is 7.56. The SMILES string of the molecule is CC(NCC1CCN(C(=O)OC(C)(C)C)C1)c1ccn[nH]1. The number of amides is 1. The number of carbonyl (C=O) groups is 1. The monoisotopic (exact) mass is 294 g/mol.